The normalized spacial score (nSPS) is 22.6. The van der Waals surface area contributed by atoms with Crippen LogP contribution >= 0.6 is 0 Å². The molecular formula is C15H19NO3. The van der Waals surface area contributed by atoms with Crippen molar-refractivity contribution in [1.29, 1.82) is 0 Å². The lowest BCUT2D eigenvalue weighted by Crippen LogP contribution is -2.20. The van der Waals surface area contributed by atoms with Gasteiger partial charge in [-0.25, -0.2) is 0 Å². The number of rotatable bonds is 6. The third-order valence-electron chi connectivity index (χ3n) is 3.43. The van der Waals surface area contributed by atoms with E-state index in [9.17, 15) is 9.59 Å². The Morgan fingerprint density at radius 1 is 1.37 bits per heavy atom. The van der Waals surface area contributed by atoms with Crippen LogP contribution in [-0.4, -0.2) is 35.8 Å². The number of esters is 1. The summed E-state index contributed by atoms with van der Waals surface area (Å²) in [5, 5.41) is 0. The molecule has 2 rings (SSSR count). The van der Waals surface area contributed by atoms with Gasteiger partial charge in [-0.3, -0.25) is 14.5 Å². The Kier molecular flexibility index (Phi) is 4.32. The summed E-state index contributed by atoms with van der Waals surface area (Å²) >= 11 is 0. The van der Waals surface area contributed by atoms with E-state index in [0.717, 1.165) is 6.54 Å². The van der Waals surface area contributed by atoms with Crippen LogP contribution in [0.1, 0.15) is 31.9 Å². The molecule has 1 aliphatic heterocycles. The third-order valence-corrected chi connectivity index (χ3v) is 3.43. The van der Waals surface area contributed by atoms with Crippen molar-refractivity contribution < 1.29 is 14.3 Å². The van der Waals surface area contributed by atoms with E-state index >= 15 is 0 Å². The van der Waals surface area contributed by atoms with Crippen molar-refractivity contribution in [2.24, 2.45) is 0 Å². The molecule has 1 fully saturated rings. The van der Waals surface area contributed by atoms with Crippen molar-refractivity contribution in [2.75, 3.05) is 13.2 Å². The quantitative estimate of drug-likeness (QED) is 0.446. The Labute approximate surface area is 113 Å². The zero-order valence-electron chi connectivity index (χ0n) is 11.3. The molecule has 0 saturated carbocycles. The third kappa shape index (κ3) is 3.41. The highest BCUT2D eigenvalue weighted by Crippen LogP contribution is 2.32. The number of carbonyl (C=O) groups excluding carboxylic acids is 2. The van der Waals surface area contributed by atoms with E-state index in [0.29, 0.717) is 6.61 Å². The van der Waals surface area contributed by atoms with E-state index in [1.807, 2.05) is 18.2 Å². The molecule has 1 aliphatic rings. The lowest BCUT2D eigenvalue weighted by Gasteiger charge is -2.13. The Bertz CT molecular complexity index is 458. The van der Waals surface area contributed by atoms with E-state index in [1.54, 1.807) is 6.92 Å². The predicted octanol–water partition coefficient (Wildman–Crippen LogP) is 1.95. The van der Waals surface area contributed by atoms with Crippen molar-refractivity contribution >= 4 is 11.8 Å². The topological polar surface area (TPSA) is 46.4 Å². The average Bonchev–Trinajstić information content (AvgIpc) is 3.19. The first-order valence-electron chi connectivity index (χ1n) is 6.62. The fourth-order valence-corrected chi connectivity index (χ4v) is 2.26. The summed E-state index contributed by atoms with van der Waals surface area (Å²) in [5.74, 6) is -0.465. The highest BCUT2D eigenvalue weighted by molar-refractivity contribution is 6.00. The number of hydrogen-bond acceptors (Lipinski definition) is 4. The molecule has 1 unspecified atom stereocenters. The monoisotopic (exact) mass is 261 g/mol. The second-order valence-electron chi connectivity index (χ2n) is 4.75. The maximum absolute atomic E-state index is 11.9. The summed E-state index contributed by atoms with van der Waals surface area (Å²) < 4.78 is 4.79. The van der Waals surface area contributed by atoms with Crippen LogP contribution in [0.25, 0.3) is 0 Å². The molecule has 19 heavy (non-hydrogen) atoms. The van der Waals surface area contributed by atoms with Crippen LogP contribution in [0, 0.1) is 0 Å². The van der Waals surface area contributed by atoms with Gasteiger partial charge in [-0.05, 0) is 19.4 Å². The molecule has 4 heteroatoms. The molecule has 0 aliphatic carbocycles. The summed E-state index contributed by atoms with van der Waals surface area (Å²) in [4.78, 5) is 25.3. The molecule has 1 aromatic carbocycles. The lowest BCUT2D eigenvalue weighted by molar-refractivity contribution is -0.145. The zero-order chi connectivity index (χ0) is 13.8. The molecule has 1 aromatic rings. The molecule has 1 heterocycles. The van der Waals surface area contributed by atoms with Crippen LogP contribution < -0.4 is 0 Å². The number of benzene rings is 1. The van der Waals surface area contributed by atoms with Crippen LogP contribution in [0.3, 0.4) is 0 Å². The Balaban J connectivity index is 1.87. The minimum absolute atomic E-state index is 0.0405. The first-order chi connectivity index (χ1) is 9.13. The number of Topliss-reactive ketones (excluding diaryl/α,β-unsaturated/α-hetero) is 1. The van der Waals surface area contributed by atoms with Crippen LogP contribution in [0.4, 0.5) is 0 Å². The number of hydrogen-bond donors (Lipinski definition) is 0. The number of nitrogens with zero attached hydrogens (tertiary/aromatic N) is 1. The molecular weight excluding hydrogens is 242 g/mol. The summed E-state index contributed by atoms with van der Waals surface area (Å²) in [6, 6.07) is 10.1. The van der Waals surface area contributed by atoms with Gasteiger partial charge in [-0.2, -0.15) is 0 Å². The van der Waals surface area contributed by atoms with Gasteiger partial charge >= 0.3 is 5.97 Å². The molecule has 1 saturated heterocycles. The second-order valence-corrected chi connectivity index (χ2v) is 4.75. The van der Waals surface area contributed by atoms with Crippen LogP contribution in [0.2, 0.25) is 0 Å². The standard InChI is InChI=1S/C15H19NO3/c1-3-19-15(18)9-14(17)13-10-16(13)11(2)12-7-5-4-6-8-12/h4-8,11,13H,3,9-10H2,1-2H3/t11-,13+,16?/m0/s1. The molecule has 0 amide bonds. The molecule has 4 nitrogen and oxygen atoms in total. The maximum Gasteiger partial charge on any atom is 0.313 e. The first kappa shape index (κ1) is 13.7. The van der Waals surface area contributed by atoms with Gasteiger partial charge in [0.25, 0.3) is 0 Å². The molecule has 0 bridgehead atoms. The van der Waals surface area contributed by atoms with Gasteiger partial charge in [0.2, 0.25) is 0 Å². The van der Waals surface area contributed by atoms with Crippen molar-refractivity contribution in [1.82, 2.24) is 4.90 Å². The molecule has 0 aromatic heterocycles. The second kappa shape index (κ2) is 5.97. The maximum atomic E-state index is 11.9. The minimum atomic E-state index is -0.424. The lowest BCUT2D eigenvalue weighted by atomic mass is 10.1. The SMILES string of the molecule is CCOC(=O)CC(=O)[C@H]1CN1[C@@H](C)c1ccccc1. The Hall–Kier alpha value is -1.68. The van der Waals surface area contributed by atoms with Crippen LogP contribution in [0.5, 0.6) is 0 Å². The first-order valence-corrected chi connectivity index (χ1v) is 6.62. The fourth-order valence-electron chi connectivity index (χ4n) is 2.26. The largest absolute Gasteiger partial charge is 0.466 e. The van der Waals surface area contributed by atoms with Gasteiger partial charge in [0.1, 0.15) is 6.42 Å². The highest BCUT2D eigenvalue weighted by atomic mass is 16.5. The highest BCUT2D eigenvalue weighted by Gasteiger charge is 2.43. The minimum Gasteiger partial charge on any atom is -0.466 e. The van der Waals surface area contributed by atoms with E-state index in [1.165, 1.54) is 5.56 Å². The summed E-state index contributed by atoms with van der Waals surface area (Å²) in [5.41, 5.74) is 1.19. The number of ketones is 1. The average molecular weight is 261 g/mol. The molecule has 0 N–H and O–H groups in total. The van der Waals surface area contributed by atoms with Crippen LogP contribution in [0.15, 0.2) is 30.3 Å². The van der Waals surface area contributed by atoms with Gasteiger partial charge in [0.05, 0.1) is 12.6 Å². The summed E-state index contributed by atoms with van der Waals surface area (Å²) in [6.45, 7) is 4.87. The van der Waals surface area contributed by atoms with Crippen LogP contribution in [-0.2, 0) is 14.3 Å². The Morgan fingerprint density at radius 2 is 2.05 bits per heavy atom. The van der Waals surface area contributed by atoms with Gasteiger partial charge in [-0.1, -0.05) is 30.3 Å². The molecule has 0 radical (unpaired) electrons. The van der Waals surface area contributed by atoms with Crippen molar-refractivity contribution in [3.63, 3.8) is 0 Å². The zero-order valence-corrected chi connectivity index (χ0v) is 11.3. The van der Waals surface area contributed by atoms with Crippen molar-refractivity contribution in [3.8, 4) is 0 Å². The fraction of sp³-hybridized carbons (Fsp3) is 0.467. The molecule has 3 atom stereocenters. The Morgan fingerprint density at radius 3 is 2.68 bits per heavy atom. The van der Waals surface area contributed by atoms with Gasteiger partial charge < -0.3 is 4.74 Å². The van der Waals surface area contributed by atoms with E-state index in [2.05, 4.69) is 24.0 Å². The molecule has 102 valence electrons. The van der Waals surface area contributed by atoms with Gasteiger partial charge in [-0.15, -0.1) is 0 Å². The van der Waals surface area contributed by atoms with E-state index < -0.39 is 5.97 Å². The molecule has 0 spiro atoms. The van der Waals surface area contributed by atoms with Gasteiger partial charge in [0, 0.05) is 12.6 Å². The number of ether oxygens (including phenoxy) is 1. The predicted molar refractivity (Wildman–Crippen MR) is 71.6 cm³/mol. The number of carbonyl (C=O) groups is 2. The van der Waals surface area contributed by atoms with Gasteiger partial charge in [0.15, 0.2) is 5.78 Å². The summed E-state index contributed by atoms with van der Waals surface area (Å²) in [7, 11) is 0. The smallest absolute Gasteiger partial charge is 0.313 e. The van der Waals surface area contributed by atoms with Crippen molar-refractivity contribution in [3.05, 3.63) is 35.9 Å². The van der Waals surface area contributed by atoms with Crippen molar-refractivity contribution in [2.45, 2.75) is 32.4 Å². The van der Waals surface area contributed by atoms with E-state index in [4.69, 9.17) is 4.74 Å². The summed E-state index contributed by atoms with van der Waals surface area (Å²) in [6.07, 6.45) is -0.115. The van der Waals surface area contributed by atoms with E-state index in [-0.39, 0.29) is 24.3 Å².